The normalized spacial score (nSPS) is 11.9. The molecule has 13 rings (SSSR count). The molecule has 0 aliphatic rings. The number of halogens is 3. The molecule has 3 aromatic heterocycles. The maximum Gasteiger partial charge on any atom is 0.416 e. The van der Waals surface area contributed by atoms with Crippen LogP contribution in [-0.2, 0) is 6.18 Å². The van der Waals surface area contributed by atoms with E-state index in [9.17, 15) is 0 Å². The Hall–Kier alpha value is -9.40. The first-order chi connectivity index (χ1) is 36.1. The molecule has 0 atom stereocenters. The second-order valence-corrected chi connectivity index (χ2v) is 18.9. The van der Waals surface area contributed by atoms with Gasteiger partial charge in [-0.2, -0.15) is 13.2 Å². The SMILES string of the molecule is Cc1cccc(-c2ccc3c(c2)c2ccccc2n3-c2cc(-c3nc(-c4ccccc4)nc(-c4ccccc4)n3)ccc2-c2ccc(C(F)(F)F)cc2-n2c3ccccc3c3cc(-c4cccc(C)c4)ccc32)c1. The molecule has 0 saturated heterocycles. The van der Waals surface area contributed by atoms with Crippen LogP contribution in [0.3, 0.4) is 0 Å². The van der Waals surface area contributed by atoms with E-state index in [4.69, 9.17) is 15.0 Å². The topological polar surface area (TPSA) is 48.5 Å². The van der Waals surface area contributed by atoms with Gasteiger partial charge in [-0.05, 0) is 90.7 Å². The summed E-state index contributed by atoms with van der Waals surface area (Å²) >= 11 is 0. The number of alkyl halides is 3. The number of benzene rings is 10. The van der Waals surface area contributed by atoms with Gasteiger partial charge >= 0.3 is 6.18 Å². The van der Waals surface area contributed by atoms with Crippen molar-refractivity contribution in [1.82, 2.24) is 24.1 Å². The van der Waals surface area contributed by atoms with Gasteiger partial charge in [0.1, 0.15) is 0 Å². The van der Waals surface area contributed by atoms with E-state index < -0.39 is 11.7 Å². The Balaban J connectivity index is 1.11. The molecule has 0 aliphatic carbocycles. The summed E-state index contributed by atoms with van der Waals surface area (Å²) in [6, 6.07) is 75.8. The first-order valence-corrected chi connectivity index (χ1v) is 24.6. The molecule has 0 spiro atoms. The third kappa shape index (κ3) is 7.79. The van der Waals surface area contributed by atoms with Gasteiger partial charge in [0.25, 0.3) is 0 Å². The predicted octanol–water partition coefficient (Wildman–Crippen LogP) is 17.7. The summed E-state index contributed by atoms with van der Waals surface area (Å²) in [6.45, 7) is 4.16. The van der Waals surface area contributed by atoms with E-state index in [-0.39, 0.29) is 0 Å². The fourth-order valence-corrected chi connectivity index (χ4v) is 10.6. The predicted molar refractivity (Wildman–Crippen MR) is 296 cm³/mol. The van der Waals surface area contributed by atoms with Gasteiger partial charge in [-0.25, -0.2) is 15.0 Å². The van der Waals surface area contributed by atoms with Crippen molar-refractivity contribution in [3.8, 4) is 78.9 Å². The first kappa shape index (κ1) is 44.5. The van der Waals surface area contributed by atoms with Crippen molar-refractivity contribution in [2.24, 2.45) is 0 Å². The van der Waals surface area contributed by atoms with Gasteiger partial charge in [-0.15, -0.1) is 0 Å². The van der Waals surface area contributed by atoms with E-state index in [1.807, 2.05) is 126 Å². The third-order valence-electron chi connectivity index (χ3n) is 14.1. The summed E-state index contributed by atoms with van der Waals surface area (Å²) in [4.78, 5) is 15.3. The van der Waals surface area contributed by atoms with Crippen LogP contribution in [0.2, 0.25) is 0 Å². The molecule has 0 unspecified atom stereocenters. The van der Waals surface area contributed by atoms with E-state index in [0.29, 0.717) is 39.9 Å². The number of aryl methyl sites for hydroxylation is 2. The van der Waals surface area contributed by atoms with Crippen LogP contribution < -0.4 is 0 Å². The van der Waals surface area contributed by atoms with Gasteiger partial charge in [-0.3, -0.25) is 0 Å². The van der Waals surface area contributed by atoms with E-state index >= 15 is 13.2 Å². The lowest BCUT2D eigenvalue weighted by Crippen LogP contribution is -2.08. The van der Waals surface area contributed by atoms with Crippen molar-refractivity contribution in [3.63, 3.8) is 0 Å². The molecule has 13 aromatic rings. The third-order valence-corrected chi connectivity index (χ3v) is 14.1. The second-order valence-electron chi connectivity index (χ2n) is 18.9. The zero-order valence-corrected chi connectivity index (χ0v) is 40.3. The molecule has 0 radical (unpaired) electrons. The second kappa shape index (κ2) is 17.7. The fourth-order valence-electron chi connectivity index (χ4n) is 10.6. The standard InChI is InChI=1S/C66H44F3N5/c1-41-15-13-21-45(35-41)47-28-33-59-55(37-47)51-23-9-11-25-57(51)73(59)61-39-49(65-71-63(43-17-5-3-6-18-43)70-64(72-65)44-19-7-4-8-20-44)27-31-53(61)54-32-30-50(66(67,68)69)40-62(54)74-58-26-12-10-24-52(58)56-38-48(29-34-60(56)74)46-22-14-16-42(2)36-46/h3-40H,1-2H3. The molecule has 0 bridgehead atoms. The van der Waals surface area contributed by atoms with Crippen LogP contribution in [-0.4, -0.2) is 24.1 Å². The zero-order valence-electron chi connectivity index (χ0n) is 40.3. The zero-order chi connectivity index (χ0) is 50.1. The van der Waals surface area contributed by atoms with Crippen molar-refractivity contribution in [2.45, 2.75) is 20.0 Å². The Morgan fingerprint density at radius 1 is 0.311 bits per heavy atom. The van der Waals surface area contributed by atoms with Gasteiger partial charge in [0.05, 0.1) is 39.0 Å². The van der Waals surface area contributed by atoms with Crippen LogP contribution in [0.25, 0.3) is 123 Å². The highest BCUT2D eigenvalue weighted by molar-refractivity contribution is 6.13. The van der Waals surface area contributed by atoms with E-state index in [1.165, 1.54) is 12.1 Å². The molecule has 0 N–H and O–H groups in total. The fraction of sp³-hybridized carbons (Fsp3) is 0.0455. The highest BCUT2D eigenvalue weighted by atomic mass is 19.4. The van der Waals surface area contributed by atoms with E-state index in [1.54, 1.807) is 6.07 Å². The van der Waals surface area contributed by atoms with Gasteiger partial charge in [0, 0.05) is 49.4 Å². The minimum atomic E-state index is -4.62. The summed E-state index contributed by atoms with van der Waals surface area (Å²) in [7, 11) is 0. The first-order valence-electron chi connectivity index (χ1n) is 24.6. The molecule has 0 saturated carbocycles. The highest BCUT2D eigenvalue weighted by Gasteiger charge is 2.32. The van der Waals surface area contributed by atoms with Gasteiger partial charge in [0.15, 0.2) is 17.5 Å². The molecule has 3 heterocycles. The number of para-hydroxylation sites is 2. The summed E-state index contributed by atoms with van der Waals surface area (Å²) in [5, 5.41) is 3.93. The lowest BCUT2D eigenvalue weighted by molar-refractivity contribution is -0.137. The highest BCUT2D eigenvalue weighted by Crippen LogP contribution is 2.45. The Labute approximate surface area is 425 Å². The van der Waals surface area contributed by atoms with Crippen molar-refractivity contribution < 1.29 is 13.2 Å². The molecule has 74 heavy (non-hydrogen) atoms. The maximum atomic E-state index is 15.2. The average molecular weight is 964 g/mol. The summed E-state index contributed by atoms with van der Waals surface area (Å²) in [5.41, 5.74) is 14.1. The minimum Gasteiger partial charge on any atom is -0.309 e. The largest absolute Gasteiger partial charge is 0.416 e. The van der Waals surface area contributed by atoms with Gasteiger partial charge < -0.3 is 9.13 Å². The number of aromatic nitrogens is 5. The number of fused-ring (bicyclic) bond motifs is 6. The molecule has 0 amide bonds. The summed E-state index contributed by atoms with van der Waals surface area (Å²) in [6.07, 6.45) is -4.62. The van der Waals surface area contributed by atoms with Crippen molar-refractivity contribution in [1.29, 1.82) is 0 Å². The molecular formula is C66H44F3N5. The maximum absolute atomic E-state index is 15.2. The molecular weight excluding hydrogens is 920 g/mol. The Bertz CT molecular complexity index is 4270. The Morgan fingerprint density at radius 3 is 1.19 bits per heavy atom. The minimum absolute atomic E-state index is 0.392. The van der Waals surface area contributed by atoms with Crippen LogP contribution in [0.1, 0.15) is 16.7 Å². The quantitative estimate of drug-likeness (QED) is 0.152. The van der Waals surface area contributed by atoms with E-state index in [2.05, 4.69) is 109 Å². The Kier molecular flexibility index (Phi) is 10.7. The summed E-state index contributed by atoms with van der Waals surface area (Å²) in [5.74, 6) is 1.48. The lowest BCUT2D eigenvalue weighted by Gasteiger charge is -2.21. The van der Waals surface area contributed by atoms with Crippen LogP contribution in [0.15, 0.2) is 231 Å². The van der Waals surface area contributed by atoms with Crippen LogP contribution in [0.4, 0.5) is 13.2 Å². The van der Waals surface area contributed by atoms with Crippen molar-refractivity contribution in [2.75, 3.05) is 0 Å². The van der Waals surface area contributed by atoms with Crippen LogP contribution in [0.5, 0.6) is 0 Å². The molecule has 0 aliphatic heterocycles. The molecule has 10 aromatic carbocycles. The smallest absolute Gasteiger partial charge is 0.309 e. The van der Waals surface area contributed by atoms with Crippen molar-refractivity contribution >= 4 is 43.6 Å². The molecule has 8 heteroatoms. The van der Waals surface area contributed by atoms with Gasteiger partial charge in [-0.1, -0.05) is 187 Å². The molecule has 354 valence electrons. The van der Waals surface area contributed by atoms with Crippen LogP contribution in [0, 0.1) is 13.8 Å². The average Bonchev–Trinajstić information content (AvgIpc) is 3.95. The number of hydrogen-bond acceptors (Lipinski definition) is 3. The Morgan fingerprint density at radius 2 is 0.703 bits per heavy atom. The van der Waals surface area contributed by atoms with Crippen LogP contribution >= 0.6 is 0 Å². The van der Waals surface area contributed by atoms with Gasteiger partial charge in [0.2, 0.25) is 0 Å². The number of rotatable bonds is 8. The van der Waals surface area contributed by atoms with Crippen molar-refractivity contribution in [3.05, 3.63) is 247 Å². The number of hydrogen-bond donors (Lipinski definition) is 0. The molecule has 0 fully saturated rings. The monoisotopic (exact) mass is 963 g/mol. The molecule has 5 nitrogen and oxygen atoms in total. The lowest BCUT2D eigenvalue weighted by atomic mass is 9.96. The number of nitrogens with zero attached hydrogens (tertiary/aromatic N) is 5. The summed E-state index contributed by atoms with van der Waals surface area (Å²) < 4.78 is 49.8. The van der Waals surface area contributed by atoms with E-state index in [0.717, 1.165) is 93.8 Å².